The van der Waals surface area contributed by atoms with Gasteiger partial charge in [0.15, 0.2) is 0 Å². The van der Waals surface area contributed by atoms with Crippen molar-refractivity contribution in [2.75, 3.05) is 13.1 Å². The Morgan fingerprint density at radius 3 is 3.00 bits per heavy atom. The summed E-state index contributed by atoms with van der Waals surface area (Å²) in [6.07, 6.45) is 6.61. The molecule has 2 atom stereocenters. The van der Waals surface area contributed by atoms with E-state index in [2.05, 4.69) is 16.8 Å². The van der Waals surface area contributed by atoms with Gasteiger partial charge in [-0.1, -0.05) is 6.92 Å². The lowest BCUT2D eigenvalue weighted by Crippen LogP contribution is -2.49. The summed E-state index contributed by atoms with van der Waals surface area (Å²) in [5.74, 6) is 0.884. The molecule has 1 aliphatic carbocycles. The monoisotopic (exact) mass is 308 g/mol. The maximum Gasteiger partial charge on any atom is 0.0797 e. The van der Waals surface area contributed by atoms with Crippen LogP contribution in [-0.2, 0) is 12.8 Å². The van der Waals surface area contributed by atoms with Crippen molar-refractivity contribution in [2.24, 2.45) is 5.92 Å². The highest BCUT2D eigenvalue weighted by Gasteiger charge is 2.35. The molecule has 1 fully saturated rings. The summed E-state index contributed by atoms with van der Waals surface area (Å²) in [7, 11) is 0. The van der Waals surface area contributed by atoms with Crippen LogP contribution in [0.25, 0.3) is 0 Å². The quantitative estimate of drug-likeness (QED) is 0.830. The van der Waals surface area contributed by atoms with E-state index in [1.165, 1.54) is 50.9 Å². The number of rotatable bonds is 2. The molecule has 3 rings (SSSR count). The predicted molar refractivity (Wildman–Crippen MR) is 82.4 cm³/mol. The minimum Gasteiger partial charge on any atom is -0.300 e. The summed E-state index contributed by atoms with van der Waals surface area (Å²) in [6.45, 7) is 4.91. The predicted octanol–water partition coefficient (Wildman–Crippen LogP) is 3.58. The SMILES string of the molecule is CCCN1CCCC2Cc3ncsc3CC21.Cl.Cl. The number of halogens is 2. The van der Waals surface area contributed by atoms with Crippen LogP contribution in [0, 0.1) is 5.92 Å². The molecule has 104 valence electrons. The molecule has 0 amide bonds. The smallest absolute Gasteiger partial charge is 0.0797 e. The van der Waals surface area contributed by atoms with Gasteiger partial charge in [0.05, 0.1) is 11.2 Å². The molecule has 5 heteroatoms. The zero-order valence-electron chi connectivity index (χ0n) is 10.8. The molecule has 2 aliphatic rings. The van der Waals surface area contributed by atoms with Crippen molar-refractivity contribution >= 4 is 36.2 Å². The first-order chi connectivity index (χ1) is 7.88. The highest BCUT2D eigenvalue weighted by molar-refractivity contribution is 7.09. The Balaban J connectivity index is 0.000000810. The number of thiazole rings is 1. The van der Waals surface area contributed by atoms with Crippen molar-refractivity contribution < 1.29 is 0 Å². The van der Waals surface area contributed by atoms with Crippen LogP contribution in [-0.4, -0.2) is 29.0 Å². The van der Waals surface area contributed by atoms with E-state index >= 15 is 0 Å². The summed E-state index contributed by atoms with van der Waals surface area (Å²) in [5, 5.41) is 0. The van der Waals surface area contributed by atoms with E-state index in [0.29, 0.717) is 0 Å². The Labute approximate surface area is 126 Å². The third-order valence-electron chi connectivity index (χ3n) is 4.12. The van der Waals surface area contributed by atoms with Crippen LogP contribution in [0.2, 0.25) is 0 Å². The van der Waals surface area contributed by atoms with Gasteiger partial charge in [-0.15, -0.1) is 36.2 Å². The van der Waals surface area contributed by atoms with E-state index in [4.69, 9.17) is 0 Å². The largest absolute Gasteiger partial charge is 0.300 e. The molecule has 0 spiro atoms. The average molecular weight is 309 g/mol. The molecule has 1 aromatic heterocycles. The number of nitrogens with zero attached hydrogens (tertiary/aromatic N) is 2. The molecular weight excluding hydrogens is 287 g/mol. The van der Waals surface area contributed by atoms with Crippen LogP contribution < -0.4 is 0 Å². The maximum atomic E-state index is 4.52. The van der Waals surface area contributed by atoms with Gasteiger partial charge in [-0.2, -0.15) is 0 Å². The Morgan fingerprint density at radius 1 is 1.39 bits per heavy atom. The minimum absolute atomic E-state index is 0. The van der Waals surface area contributed by atoms with E-state index in [-0.39, 0.29) is 24.8 Å². The first-order valence-electron chi connectivity index (χ1n) is 6.53. The molecular formula is C13H22Cl2N2S. The summed E-state index contributed by atoms with van der Waals surface area (Å²) in [4.78, 5) is 8.81. The zero-order chi connectivity index (χ0) is 11.0. The highest BCUT2D eigenvalue weighted by Crippen LogP contribution is 2.35. The van der Waals surface area contributed by atoms with Crippen molar-refractivity contribution in [3.63, 3.8) is 0 Å². The van der Waals surface area contributed by atoms with Crippen LogP contribution in [0.4, 0.5) is 0 Å². The summed E-state index contributed by atoms with van der Waals surface area (Å²) >= 11 is 1.86. The lowest BCUT2D eigenvalue weighted by atomic mass is 9.79. The van der Waals surface area contributed by atoms with Gasteiger partial charge in [-0.25, -0.2) is 4.98 Å². The van der Waals surface area contributed by atoms with E-state index in [9.17, 15) is 0 Å². The number of hydrogen-bond donors (Lipinski definition) is 0. The fourth-order valence-electron chi connectivity index (χ4n) is 3.38. The van der Waals surface area contributed by atoms with Crippen LogP contribution in [0.5, 0.6) is 0 Å². The van der Waals surface area contributed by atoms with Crippen molar-refractivity contribution in [2.45, 2.75) is 45.1 Å². The van der Waals surface area contributed by atoms with Gasteiger partial charge >= 0.3 is 0 Å². The lowest BCUT2D eigenvalue weighted by Gasteiger charge is -2.43. The normalized spacial score (nSPS) is 26.5. The van der Waals surface area contributed by atoms with E-state index in [0.717, 1.165) is 12.0 Å². The molecule has 2 nitrogen and oxygen atoms in total. The van der Waals surface area contributed by atoms with Gasteiger partial charge in [0, 0.05) is 10.9 Å². The molecule has 0 N–H and O–H groups in total. The number of fused-ring (bicyclic) bond motifs is 2. The second kappa shape index (κ2) is 7.09. The third-order valence-corrected chi connectivity index (χ3v) is 5.02. The molecule has 0 radical (unpaired) electrons. The Hall–Kier alpha value is 0.170. The highest BCUT2D eigenvalue weighted by atomic mass is 35.5. The zero-order valence-corrected chi connectivity index (χ0v) is 13.3. The molecule has 1 aromatic rings. The number of aromatic nitrogens is 1. The van der Waals surface area contributed by atoms with Gasteiger partial charge in [0.1, 0.15) is 0 Å². The first kappa shape index (κ1) is 16.2. The second-order valence-corrected chi connectivity index (χ2v) is 6.08. The van der Waals surface area contributed by atoms with Crippen LogP contribution >= 0.6 is 36.2 Å². The van der Waals surface area contributed by atoms with Gasteiger partial charge in [-0.05, 0) is 51.1 Å². The van der Waals surface area contributed by atoms with Crippen molar-refractivity contribution in [3.05, 3.63) is 16.1 Å². The third kappa shape index (κ3) is 3.01. The van der Waals surface area contributed by atoms with Crippen molar-refractivity contribution in [3.8, 4) is 0 Å². The molecule has 2 unspecified atom stereocenters. The van der Waals surface area contributed by atoms with Gasteiger partial charge < -0.3 is 0 Å². The molecule has 1 saturated heterocycles. The van der Waals surface area contributed by atoms with Gasteiger partial charge in [0.25, 0.3) is 0 Å². The van der Waals surface area contributed by atoms with Crippen molar-refractivity contribution in [1.29, 1.82) is 0 Å². The summed E-state index contributed by atoms with van der Waals surface area (Å²) in [5.41, 5.74) is 3.44. The Bertz CT molecular complexity index is 368. The van der Waals surface area contributed by atoms with Crippen LogP contribution in [0.1, 0.15) is 36.8 Å². The Kier molecular flexibility index (Phi) is 6.39. The number of hydrogen-bond acceptors (Lipinski definition) is 3. The minimum atomic E-state index is 0. The summed E-state index contributed by atoms with van der Waals surface area (Å²) in [6, 6.07) is 0.821. The topological polar surface area (TPSA) is 16.1 Å². The van der Waals surface area contributed by atoms with Crippen LogP contribution in [0.3, 0.4) is 0 Å². The first-order valence-corrected chi connectivity index (χ1v) is 7.41. The van der Waals surface area contributed by atoms with Gasteiger partial charge in [-0.3, -0.25) is 4.90 Å². The van der Waals surface area contributed by atoms with E-state index < -0.39 is 0 Å². The lowest BCUT2D eigenvalue weighted by molar-refractivity contribution is 0.0857. The fourth-order valence-corrected chi connectivity index (χ4v) is 4.22. The average Bonchev–Trinajstić information content (AvgIpc) is 2.74. The van der Waals surface area contributed by atoms with Crippen molar-refractivity contribution in [1.82, 2.24) is 9.88 Å². The molecule has 2 heterocycles. The summed E-state index contributed by atoms with van der Waals surface area (Å²) < 4.78 is 0. The standard InChI is InChI=1S/C13H20N2S.2ClH/c1-2-5-15-6-3-4-10-7-11-13(8-12(10)15)16-9-14-11;;/h9-10,12H,2-8H2,1H3;2*1H. The maximum absolute atomic E-state index is 4.52. The number of piperidine rings is 1. The number of likely N-dealkylation sites (tertiary alicyclic amines) is 1. The molecule has 0 bridgehead atoms. The van der Waals surface area contributed by atoms with E-state index in [1.807, 2.05) is 16.8 Å². The van der Waals surface area contributed by atoms with Crippen LogP contribution in [0.15, 0.2) is 5.51 Å². The fraction of sp³-hybridized carbons (Fsp3) is 0.769. The van der Waals surface area contributed by atoms with E-state index in [1.54, 1.807) is 4.88 Å². The molecule has 0 saturated carbocycles. The molecule has 0 aromatic carbocycles. The van der Waals surface area contributed by atoms with Gasteiger partial charge in [0.2, 0.25) is 0 Å². The molecule has 18 heavy (non-hydrogen) atoms. The Morgan fingerprint density at radius 2 is 2.22 bits per heavy atom. The second-order valence-electron chi connectivity index (χ2n) is 5.14. The molecule has 1 aliphatic heterocycles.